The summed E-state index contributed by atoms with van der Waals surface area (Å²) in [6, 6.07) is 8.77. The number of rotatable bonds is 3. The van der Waals surface area contributed by atoms with E-state index in [1.165, 1.54) is 17.5 Å². The molecule has 0 N–H and O–H groups in total. The largest absolute Gasteiger partial charge is 0.299 e. The Morgan fingerprint density at radius 2 is 1.89 bits per heavy atom. The van der Waals surface area contributed by atoms with Crippen molar-refractivity contribution in [1.29, 1.82) is 0 Å². The average molecular weight is 256 g/mol. The first-order valence-corrected chi connectivity index (χ1v) is 7.54. The molecule has 1 aromatic rings. The molecule has 2 saturated carbocycles. The van der Waals surface area contributed by atoms with E-state index >= 15 is 0 Å². The van der Waals surface area contributed by atoms with Crippen molar-refractivity contribution in [2.75, 3.05) is 0 Å². The van der Waals surface area contributed by atoms with Crippen LogP contribution in [0.3, 0.4) is 0 Å². The number of aryl methyl sites for hydroxylation is 2. The van der Waals surface area contributed by atoms with E-state index in [0.29, 0.717) is 11.7 Å². The summed E-state index contributed by atoms with van der Waals surface area (Å²) in [6.07, 6.45) is 5.30. The van der Waals surface area contributed by atoms with E-state index in [2.05, 4.69) is 45.0 Å². The van der Waals surface area contributed by atoms with Gasteiger partial charge in [-0.3, -0.25) is 4.79 Å². The second-order valence-electron chi connectivity index (χ2n) is 7.15. The van der Waals surface area contributed by atoms with Gasteiger partial charge in [0.2, 0.25) is 0 Å². The lowest BCUT2D eigenvalue weighted by Crippen LogP contribution is -2.36. The molecule has 3 rings (SSSR count). The van der Waals surface area contributed by atoms with Crippen LogP contribution >= 0.6 is 0 Å². The number of ketones is 1. The summed E-state index contributed by atoms with van der Waals surface area (Å²) in [5.41, 5.74) is 2.87. The number of hydrogen-bond donors (Lipinski definition) is 0. The normalized spacial score (nSPS) is 31.9. The van der Waals surface area contributed by atoms with Gasteiger partial charge in [0, 0.05) is 11.8 Å². The lowest BCUT2D eigenvalue weighted by molar-refractivity contribution is -0.129. The number of fused-ring (bicyclic) bond motifs is 2. The highest BCUT2D eigenvalue weighted by Crippen LogP contribution is 2.65. The minimum absolute atomic E-state index is 0.0252. The molecule has 2 aliphatic carbocycles. The third kappa shape index (κ3) is 1.78. The van der Waals surface area contributed by atoms with Crippen molar-refractivity contribution in [3.63, 3.8) is 0 Å². The molecular formula is C18H24O. The minimum atomic E-state index is -0.0252. The second-order valence-corrected chi connectivity index (χ2v) is 7.15. The molecule has 0 heterocycles. The van der Waals surface area contributed by atoms with Gasteiger partial charge in [-0.25, -0.2) is 0 Å². The maximum Gasteiger partial charge on any atom is 0.139 e. The maximum absolute atomic E-state index is 12.4. The lowest BCUT2D eigenvalue weighted by Gasteiger charge is -2.36. The quantitative estimate of drug-likeness (QED) is 0.787. The van der Waals surface area contributed by atoms with Gasteiger partial charge < -0.3 is 0 Å². The van der Waals surface area contributed by atoms with Gasteiger partial charge in [-0.2, -0.15) is 0 Å². The van der Waals surface area contributed by atoms with Crippen molar-refractivity contribution in [3.05, 3.63) is 35.4 Å². The van der Waals surface area contributed by atoms with E-state index in [9.17, 15) is 4.79 Å². The van der Waals surface area contributed by atoms with Crippen LogP contribution in [0, 0.1) is 23.7 Å². The van der Waals surface area contributed by atoms with Crippen molar-refractivity contribution in [3.8, 4) is 0 Å². The predicted octanol–water partition coefficient (Wildman–Crippen LogP) is 4.32. The van der Waals surface area contributed by atoms with E-state index in [0.717, 1.165) is 25.7 Å². The lowest BCUT2D eigenvalue weighted by atomic mass is 9.66. The highest BCUT2D eigenvalue weighted by atomic mass is 16.1. The Bertz CT molecular complexity index is 497. The second kappa shape index (κ2) is 4.19. The van der Waals surface area contributed by atoms with Crippen molar-refractivity contribution < 1.29 is 4.79 Å². The fourth-order valence-corrected chi connectivity index (χ4v) is 4.47. The molecule has 2 unspecified atom stereocenters. The zero-order valence-corrected chi connectivity index (χ0v) is 12.3. The van der Waals surface area contributed by atoms with Gasteiger partial charge in [-0.05, 0) is 49.5 Å². The van der Waals surface area contributed by atoms with Crippen molar-refractivity contribution in [2.45, 2.75) is 52.9 Å². The number of carbonyl (C=O) groups is 1. The number of Topliss-reactive ketones (excluding diaryl/α,β-unsaturated/α-hetero) is 1. The van der Waals surface area contributed by atoms with Crippen LogP contribution in [0.15, 0.2) is 24.3 Å². The van der Waals surface area contributed by atoms with E-state index in [-0.39, 0.29) is 10.8 Å². The summed E-state index contributed by atoms with van der Waals surface area (Å²) in [6.45, 7) is 6.77. The molecule has 0 aliphatic heterocycles. The summed E-state index contributed by atoms with van der Waals surface area (Å²) < 4.78 is 0. The maximum atomic E-state index is 12.4. The number of hydrogen-bond acceptors (Lipinski definition) is 1. The molecule has 0 amide bonds. The molecular weight excluding hydrogens is 232 g/mol. The van der Waals surface area contributed by atoms with Crippen LogP contribution < -0.4 is 0 Å². The van der Waals surface area contributed by atoms with Crippen LogP contribution in [0.2, 0.25) is 0 Å². The molecule has 0 saturated heterocycles. The van der Waals surface area contributed by atoms with Crippen LogP contribution in [-0.2, 0) is 11.2 Å². The van der Waals surface area contributed by atoms with Gasteiger partial charge in [-0.1, -0.05) is 43.7 Å². The Morgan fingerprint density at radius 3 is 2.42 bits per heavy atom. The van der Waals surface area contributed by atoms with Crippen LogP contribution in [0.4, 0.5) is 0 Å². The molecule has 2 fully saturated rings. The SMILES string of the molecule is Cc1ccc(CCC23CCC(CC2=O)C3(C)C)cc1. The molecule has 0 aromatic heterocycles. The zero-order chi connectivity index (χ0) is 13.7. The predicted molar refractivity (Wildman–Crippen MR) is 78.1 cm³/mol. The Labute approximate surface area is 116 Å². The highest BCUT2D eigenvalue weighted by Gasteiger charge is 2.63. The van der Waals surface area contributed by atoms with E-state index in [1.54, 1.807) is 0 Å². The van der Waals surface area contributed by atoms with Gasteiger partial charge in [0.1, 0.15) is 5.78 Å². The zero-order valence-electron chi connectivity index (χ0n) is 12.3. The van der Waals surface area contributed by atoms with Gasteiger partial charge in [0.15, 0.2) is 0 Å². The summed E-state index contributed by atoms with van der Waals surface area (Å²) in [5, 5.41) is 0. The first kappa shape index (κ1) is 12.9. The molecule has 0 radical (unpaired) electrons. The Hall–Kier alpha value is -1.11. The molecule has 2 bridgehead atoms. The Kier molecular flexibility index (Phi) is 2.85. The van der Waals surface area contributed by atoms with Crippen LogP contribution in [0.25, 0.3) is 0 Å². The van der Waals surface area contributed by atoms with Crippen LogP contribution in [-0.4, -0.2) is 5.78 Å². The summed E-state index contributed by atoms with van der Waals surface area (Å²) in [4.78, 5) is 12.4. The molecule has 102 valence electrons. The summed E-state index contributed by atoms with van der Waals surface area (Å²) in [7, 11) is 0. The van der Waals surface area contributed by atoms with E-state index < -0.39 is 0 Å². The standard InChI is InChI=1S/C18H24O/c1-13-4-6-14(7-5-13)8-10-18-11-9-15(12-16(18)19)17(18,2)3/h4-7,15H,8-12H2,1-3H3. The molecule has 1 aromatic carbocycles. The highest BCUT2D eigenvalue weighted by molar-refractivity contribution is 5.89. The fourth-order valence-electron chi connectivity index (χ4n) is 4.47. The Balaban J connectivity index is 1.79. The van der Waals surface area contributed by atoms with E-state index in [1.807, 2.05) is 0 Å². The average Bonchev–Trinajstić information content (AvgIpc) is 2.72. The van der Waals surface area contributed by atoms with Gasteiger partial charge in [-0.15, -0.1) is 0 Å². The molecule has 19 heavy (non-hydrogen) atoms. The van der Waals surface area contributed by atoms with Crippen molar-refractivity contribution in [2.24, 2.45) is 16.7 Å². The van der Waals surface area contributed by atoms with Crippen molar-refractivity contribution >= 4 is 5.78 Å². The molecule has 0 spiro atoms. The summed E-state index contributed by atoms with van der Waals surface area (Å²) >= 11 is 0. The molecule has 2 aliphatic rings. The first-order chi connectivity index (χ1) is 8.96. The minimum Gasteiger partial charge on any atom is -0.299 e. The first-order valence-electron chi connectivity index (χ1n) is 7.54. The van der Waals surface area contributed by atoms with Gasteiger partial charge in [0.25, 0.3) is 0 Å². The third-order valence-corrected chi connectivity index (χ3v) is 6.10. The van der Waals surface area contributed by atoms with Gasteiger partial charge >= 0.3 is 0 Å². The van der Waals surface area contributed by atoms with E-state index in [4.69, 9.17) is 0 Å². The Morgan fingerprint density at radius 1 is 1.21 bits per heavy atom. The number of benzene rings is 1. The van der Waals surface area contributed by atoms with Crippen molar-refractivity contribution in [1.82, 2.24) is 0 Å². The third-order valence-electron chi connectivity index (χ3n) is 6.10. The molecule has 2 atom stereocenters. The summed E-state index contributed by atoms with van der Waals surface area (Å²) in [5.74, 6) is 1.18. The molecule has 1 nitrogen and oxygen atoms in total. The molecule has 1 heteroatoms. The number of carbonyl (C=O) groups excluding carboxylic acids is 1. The van der Waals surface area contributed by atoms with Crippen LogP contribution in [0.5, 0.6) is 0 Å². The van der Waals surface area contributed by atoms with Gasteiger partial charge in [0.05, 0.1) is 0 Å². The van der Waals surface area contributed by atoms with Crippen LogP contribution in [0.1, 0.15) is 50.7 Å². The smallest absolute Gasteiger partial charge is 0.139 e. The topological polar surface area (TPSA) is 17.1 Å². The fraction of sp³-hybridized carbons (Fsp3) is 0.611. The monoisotopic (exact) mass is 256 g/mol.